The average molecular weight is 629 g/mol. The zero-order chi connectivity index (χ0) is 30.8. The number of hydrogen-bond donors (Lipinski definition) is 0. The van der Waals surface area contributed by atoms with Crippen LogP contribution in [0.4, 0.5) is 26.3 Å². The van der Waals surface area contributed by atoms with Crippen LogP contribution in [0.15, 0.2) is 47.5 Å². The number of ether oxygens (including phenoxy) is 1. The summed E-state index contributed by atoms with van der Waals surface area (Å²) in [5.74, 6) is -0.226. The van der Waals surface area contributed by atoms with Gasteiger partial charge in [-0.2, -0.15) is 17.5 Å². The minimum atomic E-state index is -4.75. The Bertz CT molecular complexity index is 1500. The van der Waals surface area contributed by atoms with Gasteiger partial charge in [-0.3, -0.25) is 4.99 Å². The first-order valence-corrected chi connectivity index (χ1v) is 16.3. The molecular formula is C31H34F6N2O3S. The molecule has 0 amide bonds. The fraction of sp³-hybridized carbons (Fsp3) is 0.581. The van der Waals surface area contributed by atoms with Gasteiger partial charge in [0.25, 0.3) is 0 Å². The van der Waals surface area contributed by atoms with Crippen LogP contribution in [0.1, 0.15) is 60.8 Å². The van der Waals surface area contributed by atoms with E-state index in [4.69, 9.17) is 4.99 Å². The van der Waals surface area contributed by atoms with Crippen molar-refractivity contribution in [2.75, 3.05) is 25.4 Å². The third kappa shape index (κ3) is 6.18. The highest BCUT2D eigenvalue weighted by Crippen LogP contribution is 2.57. The van der Waals surface area contributed by atoms with E-state index in [-0.39, 0.29) is 41.7 Å². The van der Waals surface area contributed by atoms with Crippen molar-refractivity contribution in [3.63, 3.8) is 0 Å². The molecule has 43 heavy (non-hydrogen) atoms. The van der Waals surface area contributed by atoms with Crippen molar-refractivity contribution in [3.05, 3.63) is 64.7 Å². The van der Waals surface area contributed by atoms with Crippen molar-refractivity contribution in [2.24, 2.45) is 28.2 Å². The fourth-order valence-electron chi connectivity index (χ4n) is 8.05. The number of sulfonamides is 1. The Labute approximate surface area is 247 Å². The molecule has 234 valence electrons. The third-order valence-corrected chi connectivity index (χ3v) is 12.1. The average Bonchev–Trinajstić information content (AvgIpc) is 3.18. The predicted molar refractivity (Wildman–Crippen MR) is 150 cm³/mol. The van der Waals surface area contributed by atoms with E-state index in [1.165, 1.54) is 12.1 Å². The molecule has 5 nitrogen and oxygen atoms in total. The van der Waals surface area contributed by atoms with Gasteiger partial charge in [-0.15, -0.1) is 13.2 Å². The molecule has 2 unspecified atom stereocenters. The normalized spacial score (nSPS) is 30.9. The van der Waals surface area contributed by atoms with Crippen molar-refractivity contribution in [3.8, 4) is 5.75 Å². The van der Waals surface area contributed by atoms with Crippen LogP contribution in [-0.4, -0.2) is 56.4 Å². The quantitative estimate of drug-likeness (QED) is 0.346. The van der Waals surface area contributed by atoms with E-state index >= 15 is 0 Å². The molecule has 2 aromatic rings. The van der Waals surface area contributed by atoms with Crippen molar-refractivity contribution < 1.29 is 39.5 Å². The van der Waals surface area contributed by atoms with E-state index in [1.54, 1.807) is 12.1 Å². The standard InChI is InChI=1S/C31H34F6N2O3S/c1-19-10-11-38-28(15-27(19)20-4-8-26(9-5-20)42-31(35,36)37)22-3-2-21-13-24-6-7-25(14-23(21)12-22)29(24)16-39(17-30(32,33)34)43(40,41)18-29/h2-5,8-9,12,19,24-25,27H,6-7,10-11,13-18H2,1H3/t19?,24-,25+,27?,29+/m0/s1. The lowest BCUT2D eigenvalue weighted by Gasteiger charge is -2.33. The number of rotatable bonds is 4. The van der Waals surface area contributed by atoms with Crippen LogP contribution in [-0.2, 0) is 22.9 Å². The molecular weight excluding hydrogens is 594 g/mol. The molecule has 2 fully saturated rings. The number of fused-ring (bicyclic) bond motifs is 1. The molecule has 0 N–H and O–H groups in total. The summed E-state index contributed by atoms with van der Waals surface area (Å²) in [5.41, 5.74) is 4.31. The van der Waals surface area contributed by atoms with Gasteiger partial charge in [0, 0.05) is 24.2 Å². The topological polar surface area (TPSA) is 59.0 Å². The molecule has 5 atom stereocenters. The highest BCUT2D eigenvalue weighted by Gasteiger charge is 2.60. The van der Waals surface area contributed by atoms with Gasteiger partial charge in [-0.25, -0.2) is 8.42 Å². The molecule has 6 rings (SSSR count). The zero-order valence-corrected chi connectivity index (χ0v) is 24.5. The molecule has 1 spiro atoms. The smallest absolute Gasteiger partial charge is 0.406 e. The molecule has 2 aromatic carbocycles. The van der Waals surface area contributed by atoms with E-state index in [9.17, 15) is 34.8 Å². The fourth-order valence-corrected chi connectivity index (χ4v) is 10.3. The monoisotopic (exact) mass is 628 g/mol. The molecule has 0 aromatic heterocycles. The van der Waals surface area contributed by atoms with Crippen LogP contribution in [0.2, 0.25) is 0 Å². The molecule has 2 aliphatic heterocycles. The van der Waals surface area contributed by atoms with Crippen LogP contribution in [0, 0.1) is 23.2 Å². The third-order valence-electron chi connectivity index (χ3n) is 10.2. The summed E-state index contributed by atoms with van der Waals surface area (Å²) in [5, 5.41) is 0. The Morgan fingerprint density at radius 3 is 2.26 bits per heavy atom. The summed E-state index contributed by atoms with van der Waals surface area (Å²) in [6.45, 7) is 1.23. The Morgan fingerprint density at radius 2 is 1.60 bits per heavy atom. The van der Waals surface area contributed by atoms with E-state index in [1.807, 2.05) is 6.07 Å². The largest absolute Gasteiger partial charge is 0.573 e. The second-order valence-corrected chi connectivity index (χ2v) is 14.7. The lowest BCUT2D eigenvalue weighted by molar-refractivity contribution is -0.274. The van der Waals surface area contributed by atoms with Gasteiger partial charge < -0.3 is 4.74 Å². The van der Waals surface area contributed by atoms with Crippen LogP contribution in [0.3, 0.4) is 0 Å². The van der Waals surface area contributed by atoms with Gasteiger partial charge in [0.2, 0.25) is 10.0 Å². The van der Waals surface area contributed by atoms with Crippen LogP contribution in [0.5, 0.6) is 5.75 Å². The highest BCUT2D eigenvalue weighted by atomic mass is 32.2. The molecule has 2 aliphatic carbocycles. The lowest BCUT2D eigenvalue weighted by Crippen LogP contribution is -2.40. The first kappa shape index (κ1) is 30.4. The first-order valence-electron chi connectivity index (χ1n) is 14.7. The Balaban J connectivity index is 1.24. The minimum absolute atomic E-state index is 0.00218. The Morgan fingerprint density at radius 1 is 0.930 bits per heavy atom. The summed E-state index contributed by atoms with van der Waals surface area (Å²) in [6, 6.07) is 12.2. The minimum Gasteiger partial charge on any atom is -0.406 e. The van der Waals surface area contributed by atoms with Crippen LogP contribution in [0.25, 0.3) is 0 Å². The molecule has 1 saturated heterocycles. The molecule has 4 aliphatic rings. The number of halogens is 6. The highest BCUT2D eigenvalue weighted by molar-refractivity contribution is 7.89. The summed E-state index contributed by atoms with van der Waals surface area (Å²) >= 11 is 0. The van der Waals surface area contributed by atoms with Gasteiger partial charge in [0.1, 0.15) is 12.3 Å². The molecule has 1 saturated carbocycles. The number of aliphatic imine (C=N–C) groups is 1. The van der Waals surface area contributed by atoms with Gasteiger partial charge >= 0.3 is 12.5 Å². The second-order valence-electron chi connectivity index (χ2n) is 12.8. The maximum Gasteiger partial charge on any atom is 0.573 e. The van der Waals surface area contributed by atoms with Crippen molar-refractivity contribution in [2.45, 2.75) is 63.9 Å². The molecule has 2 bridgehead atoms. The molecule has 12 heteroatoms. The van der Waals surface area contributed by atoms with Gasteiger partial charge in [0.15, 0.2) is 0 Å². The van der Waals surface area contributed by atoms with Crippen molar-refractivity contribution in [1.29, 1.82) is 0 Å². The maximum absolute atomic E-state index is 13.2. The summed E-state index contributed by atoms with van der Waals surface area (Å²) in [6.07, 6.45) is -5.06. The zero-order valence-electron chi connectivity index (χ0n) is 23.7. The van der Waals surface area contributed by atoms with E-state index < -0.39 is 34.5 Å². The number of alkyl halides is 6. The van der Waals surface area contributed by atoms with Gasteiger partial charge in [0.05, 0.1) is 5.75 Å². The van der Waals surface area contributed by atoms with Gasteiger partial charge in [-0.05, 0) is 103 Å². The van der Waals surface area contributed by atoms with E-state index in [0.29, 0.717) is 30.1 Å². The van der Waals surface area contributed by atoms with Crippen molar-refractivity contribution in [1.82, 2.24) is 4.31 Å². The molecule has 0 radical (unpaired) electrons. The summed E-state index contributed by atoms with van der Waals surface area (Å²) < 4.78 is 108. The van der Waals surface area contributed by atoms with Crippen LogP contribution < -0.4 is 4.74 Å². The Hall–Kier alpha value is -2.60. The summed E-state index contributed by atoms with van der Waals surface area (Å²) in [4.78, 5) is 4.89. The Kier molecular flexibility index (Phi) is 7.63. The van der Waals surface area contributed by atoms with Gasteiger partial charge in [-0.1, -0.05) is 31.2 Å². The first-order chi connectivity index (χ1) is 20.1. The predicted octanol–water partition coefficient (Wildman–Crippen LogP) is 6.91. The van der Waals surface area contributed by atoms with Crippen molar-refractivity contribution >= 4 is 15.7 Å². The number of nitrogens with zero attached hydrogens (tertiary/aromatic N) is 2. The van der Waals surface area contributed by atoms with E-state index in [2.05, 4.69) is 23.8 Å². The SMILES string of the molecule is CC1CCN=C(c2ccc3c(c2)C[C@H]2CC[C@@H](C3)[C@]23CN(CC(F)(F)F)S(=O)(=O)C3)CC1c1ccc(OC(F)(F)F)cc1. The van der Waals surface area contributed by atoms with E-state index in [0.717, 1.165) is 47.2 Å². The summed E-state index contributed by atoms with van der Waals surface area (Å²) in [7, 11) is -4.01. The molecule has 2 heterocycles. The lowest BCUT2D eigenvalue weighted by atomic mass is 9.72. The number of hydrogen-bond acceptors (Lipinski definition) is 4. The van der Waals surface area contributed by atoms with Crippen LogP contribution >= 0.6 is 0 Å². The number of benzene rings is 2. The maximum atomic E-state index is 13.2. The second kappa shape index (κ2) is 10.8.